The van der Waals surface area contributed by atoms with Crippen molar-refractivity contribution in [2.24, 2.45) is 58.5 Å². The predicted octanol–water partition coefficient (Wildman–Crippen LogP) is 5.16. The van der Waals surface area contributed by atoms with Crippen LogP contribution in [0.25, 0.3) is 0 Å². The number of ether oxygens (including phenoxy) is 2. The number of epoxide rings is 1. The van der Waals surface area contributed by atoms with Gasteiger partial charge in [0.25, 0.3) is 5.60 Å². The van der Waals surface area contributed by atoms with Crippen molar-refractivity contribution in [2.45, 2.75) is 166 Å². The van der Waals surface area contributed by atoms with Gasteiger partial charge in [0, 0.05) is 30.2 Å². The SMILES string of the molecule is CCN[C@@H]1C=C2C=CCC[C@H]2C[C@@H]1COC(=O)[C@]12O[C@@]1(CC(CO)=C(C)CCC1CCNC3N[C@H](NC)CCC13)C(=O)C1CCCC(CC(C)(C)CC3CCC(N)NC3)C1C2=O. The molecule has 4 aliphatic heterocycles. The van der Waals surface area contributed by atoms with Gasteiger partial charge in [-0.05, 0) is 170 Å². The molecular formula is C50H80N6O6. The van der Waals surface area contributed by atoms with Gasteiger partial charge in [-0.2, -0.15) is 0 Å². The van der Waals surface area contributed by atoms with E-state index >= 15 is 9.59 Å². The Bertz CT molecular complexity index is 1740. The molecule has 4 heterocycles. The molecule has 4 saturated heterocycles. The maximum Gasteiger partial charge on any atom is 0.350 e. The van der Waals surface area contributed by atoms with Crippen LogP contribution in [-0.2, 0) is 23.9 Å². The Morgan fingerprint density at radius 1 is 1.03 bits per heavy atom. The van der Waals surface area contributed by atoms with Crippen molar-refractivity contribution in [1.82, 2.24) is 26.6 Å². The molecule has 62 heavy (non-hydrogen) atoms. The van der Waals surface area contributed by atoms with Crippen LogP contribution in [0.1, 0.15) is 130 Å². The molecule has 4 aliphatic carbocycles. The average Bonchev–Trinajstić information content (AvgIpc) is 3.97. The van der Waals surface area contributed by atoms with Crippen LogP contribution in [0.4, 0.5) is 0 Å². The van der Waals surface area contributed by atoms with Crippen molar-refractivity contribution >= 4 is 17.5 Å². The Hall–Kier alpha value is -2.29. The molecule has 0 bridgehead atoms. The average molecular weight is 861 g/mol. The van der Waals surface area contributed by atoms with Crippen LogP contribution >= 0.6 is 0 Å². The van der Waals surface area contributed by atoms with E-state index in [9.17, 15) is 9.90 Å². The first kappa shape index (κ1) is 46.2. The number of aliphatic hydroxyl groups excluding tert-OH is 1. The predicted molar refractivity (Wildman–Crippen MR) is 241 cm³/mol. The van der Waals surface area contributed by atoms with Crippen molar-refractivity contribution in [2.75, 3.05) is 39.9 Å². The van der Waals surface area contributed by atoms with E-state index in [-0.39, 0.29) is 66.8 Å². The quantitative estimate of drug-likeness (QED) is 0.0470. The number of rotatable bonds is 16. The fourth-order valence-corrected chi connectivity index (χ4v) is 13.8. The molecule has 14 atom stereocenters. The molecule has 0 spiro atoms. The van der Waals surface area contributed by atoms with Gasteiger partial charge >= 0.3 is 5.97 Å². The summed E-state index contributed by atoms with van der Waals surface area (Å²) in [4.78, 5) is 45.7. The van der Waals surface area contributed by atoms with Crippen LogP contribution in [-0.4, -0.2) is 98.3 Å². The number of nitrogens with two attached hydrogens (primary N) is 1. The van der Waals surface area contributed by atoms with E-state index in [4.69, 9.17) is 15.2 Å². The summed E-state index contributed by atoms with van der Waals surface area (Å²) in [6.07, 6.45) is 21.7. The monoisotopic (exact) mass is 861 g/mol. The lowest BCUT2D eigenvalue weighted by Crippen LogP contribution is -2.62. The van der Waals surface area contributed by atoms with Crippen LogP contribution in [0, 0.1) is 52.8 Å². The van der Waals surface area contributed by atoms with Gasteiger partial charge in [0.2, 0.25) is 0 Å². The number of carbonyl (C=O) groups excluding carboxylic acids is 3. The highest BCUT2D eigenvalue weighted by molar-refractivity contribution is 6.23. The number of ketones is 2. The lowest BCUT2D eigenvalue weighted by molar-refractivity contribution is -0.161. The van der Waals surface area contributed by atoms with Crippen molar-refractivity contribution in [3.63, 3.8) is 0 Å². The number of hydrogen-bond donors (Lipinski definition) is 7. The van der Waals surface area contributed by atoms with E-state index in [1.807, 2.05) is 7.05 Å². The van der Waals surface area contributed by atoms with E-state index in [0.717, 1.165) is 115 Å². The molecule has 6 fully saturated rings. The highest BCUT2D eigenvalue weighted by atomic mass is 16.7. The summed E-state index contributed by atoms with van der Waals surface area (Å²) in [5.41, 5.74) is 5.51. The summed E-state index contributed by atoms with van der Waals surface area (Å²) in [5.74, 6) is -0.249. The summed E-state index contributed by atoms with van der Waals surface area (Å²) in [7, 11) is 2.00. The number of piperidine rings is 3. The van der Waals surface area contributed by atoms with Gasteiger partial charge in [-0.15, -0.1) is 0 Å². The van der Waals surface area contributed by atoms with Gasteiger partial charge < -0.3 is 41.6 Å². The summed E-state index contributed by atoms with van der Waals surface area (Å²) in [6.45, 7) is 11.3. The Labute approximate surface area is 371 Å². The molecule has 0 aromatic rings. The topological polar surface area (TPSA) is 179 Å². The van der Waals surface area contributed by atoms with E-state index in [1.165, 1.54) is 5.57 Å². The van der Waals surface area contributed by atoms with Crippen LogP contribution in [0.3, 0.4) is 0 Å². The minimum Gasteiger partial charge on any atom is -0.463 e. The van der Waals surface area contributed by atoms with E-state index in [2.05, 4.69) is 72.5 Å². The zero-order valence-corrected chi connectivity index (χ0v) is 38.6. The van der Waals surface area contributed by atoms with E-state index in [0.29, 0.717) is 41.8 Å². The number of Topliss-reactive ketones (excluding diaryl/α,β-unsaturated/α-hetero) is 2. The van der Waals surface area contributed by atoms with Crippen LogP contribution < -0.4 is 32.3 Å². The molecule has 12 nitrogen and oxygen atoms in total. The summed E-state index contributed by atoms with van der Waals surface area (Å²) >= 11 is 0. The Morgan fingerprint density at radius 2 is 1.87 bits per heavy atom. The minimum absolute atomic E-state index is 0.0334. The van der Waals surface area contributed by atoms with Crippen LogP contribution in [0.5, 0.6) is 0 Å². The van der Waals surface area contributed by atoms with E-state index < -0.39 is 29.0 Å². The lowest BCUT2D eigenvalue weighted by Gasteiger charge is -2.45. The van der Waals surface area contributed by atoms with Crippen molar-refractivity contribution in [3.8, 4) is 0 Å². The van der Waals surface area contributed by atoms with Gasteiger partial charge in [-0.3, -0.25) is 14.9 Å². The first-order chi connectivity index (χ1) is 29.8. The Balaban J connectivity index is 1.04. The fraction of sp³-hybridized carbons (Fsp3) is 0.820. The molecule has 12 heteroatoms. The molecule has 8 aliphatic rings. The maximum absolute atomic E-state index is 15.5. The number of esters is 1. The number of fused-ring (bicyclic) bond motifs is 4. The number of allylic oxidation sites excluding steroid dienone is 4. The number of nitrogens with one attached hydrogen (secondary N) is 5. The van der Waals surface area contributed by atoms with Crippen LogP contribution in [0.2, 0.25) is 0 Å². The molecule has 8 N–H and O–H groups in total. The third kappa shape index (κ3) is 9.11. The standard InChI is InChI=1S/C50H80N6O6/c1-6-53-40-23-34-11-8-7-10-33(34)22-36(40)29-61-47(60)50-45(59)43-35(25-48(3,4)24-31-15-18-41(51)55-27-31)12-9-13-39(43)44(58)49(50,62-50)26-37(28-57)30(2)14-16-32-20-21-54-46-38(32)17-19-42(52-5)56-46/h8,11,23,31-33,35-36,38-43,46,52-57H,6-7,9-10,12-22,24-29,51H2,1-5H3/t31?,32?,33-,35?,36+,38?,39?,40+,41?,42-,43?,46?,49-,50-/m0/s1. The molecule has 2 saturated carbocycles. The second kappa shape index (κ2) is 19.3. The second-order valence-corrected chi connectivity index (χ2v) is 21.7. The number of carbonyl (C=O) groups is 3. The lowest BCUT2D eigenvalue weighted by atomic mass is 9.55. The number of hydrogen-bond acceptors (Lipinski definition) is 12. The number of aliphatic hydroxyl groups is 1. The second-order valence-electron chi connectivity index (χ2n) is 21.7. The summed E-state index contributed by atoms with van der Waals surface area (Å²) in [6, 6.07) is 0.0354. The van der Waals surface area contributed by atoms with Gasteiger partial charge in [-0.25, -0.2) is 4.79 Å². The van der Waals surface area contributed by atoms with Gasteiger partial charge in [0.05, 0.1) is 31.7 Å². The van der Waals surface area contributed by atoms with Crippen molar-refractivity contribution < 1.29 is 29.0 Å². The zero-order valence-electron chi connectivity index (χ0n) is 38.6. The molecule has 0 aromatic heterocycles. The molecule has 0 amide bonds. The summed E-state index contributed by atoms with van der Waals surface area (Å²) in [5, 5.41) is 28.9. The van der Waals surface area contributed by atoms with Gasteiger partial charge in [0.1, 0.15) is 0 Å². The summed E-state index contributed by atoms with van der Waals surface area (Å²) < 4.78 is 12.9. The smallest absolute Gasteiger partial charge is 0.350 e. The Morgan fingerprint density at radius 3 is 2.63 bits per heavy atom. The molecule has 0 aromatic carbocycles. The zero-order chi connectivity index (χ0) is 43.8. The highest BCUT2D eigenvalue weighted by Gasteiger charge is 2.87. The minimum atomic E-state index is -1.99. The van der Waals surface area contributed by atoms with Crippen molar-refractivity contribution in [1.29, 1.82) is 0 Å². The molecule has 346 valence electrons. The Kier molecular flexibility index (Phi) is 14.4. The highest BCUT2D eigenvalue weighted by Crippen LogP contribution is 2.64. The van der Waals surface area contributed by atoms with E-state index in [1.54, 1.807) is 0 Å². The molecule has 8 rings (SSSR count). The third-order valence-corrected chi connectivity index (χ3v) is 17.1. The third-order valence-electron chi connectivity index (χ3n) is 17.1. The first-order valence-electron chi connectivity index (χ1n) is 24.8. The molecule has 0 radical (unpaired) electrons. The fourth-order valence-electron chi connectivity index (χ4n) is 13.8. The molecule has 8 unspecified atom stereocenters. The van der Waals surface area contributed by atoms with Crippen molar-refractivity contribution in [3.05, 3.63) is 34.9 Å². The normalized spacial score (nSPS) is 40.9. The molecular weight excluding hydrogens is 781 g/mol. The largest absolute Gasteiger partial charge is 0.463 e. The van der Waals surface area contributed by atoms with Crippen LogP contribution in [0.15, 0.2) is 34.9 Å². The van der Waals surface area contributed by atoms with Gasteiger partial charge in [0.15, 0.2) is 17.2 Å². The van der Waals surface area contributed by atoms with Gasteiger partial charge in [-0.1, -0.05) is 51.0 Å². The first-order valence-corrected chi connectivity index (χ1v) is 24.8. The number of likely N-dealkylation sites (N-methyl/N-ethyl adjacent to an activating group) is 1. The maximum atomic E-state index is 15.5.